The zero-order valence-electron chi connectivity index (χ0n) is 11.4. The Morgan fingerprint density at radius 2 is 2.15 bits per heavy atom. The van der Waals surface area contributed by atoms with Crippen molar-refractivity contribution in [1.82, 2.24) is 10.6 Å². The van der Waals surface area contributed by atoms with Gasteiger partial charge >= 0.3 is 6.03 Å². The van der Waals surface area contributed by atoms with Crippen LogP contribution in [0.2, 0.25) is 0 Å². The average Bonchev–Trinajstić information content (AvgIpc) is 3.09. The second-order valence-electron chi connectivity index (χ2n) is 5.14. The number of aryl methyl sites for hydroxylation is 1. The molecule has 2 aromatic rings. The largest absolute Gasteiger partial charge is 0.331 e. The lowest BCUT2D eigenvalue weighted by atomic mass is 10.1. The number of nitrogens with one attached hydrogen (secondary N) is 2. The maximum atomic E-state index is 12.1. The molecule has 1 aliphatic carbocycles. The molecule has 3 nitrogen and oxygen atoms in total. The van der Waals surface area contributed by atoms with E-state index < -0.39 is 0 Å². The van der Waals surface area contributed by atoms with E-state index in [1.54, 1.807) is 11.3 Å². The van der Waals surface area contributed by atoms with Crippen molar-refractivity contribution in [3.8, 4) is 0 Å². The maximum absolute atomic E-state index is 12.1. The van der Waals surface area contributed by atoms with Gasteiger partial charge in [-0.05, 0) is 42.3 Å². The first kappa shape index (κ1) is 13.2. The van der Waals surface area contributed by atoms with Crippen LogP contribution >= 0.6 is 11.3 Å². The highest BCUT2D eigenvalue weighted by atomic mass is 32.1. The quantitative estimate of drug-likeness (QED) is 0.885. The van der Waals surface area contributed by atoms with E-state index in [9.17, 15) is 4.79 Å². The molecule has 0 fully saturated rings. The highest BCUT2D eigenvalue weighted by Crippen LogP contribution is 2.30. The predicted molar refractivity (Wildman–Crippen MR) is 81.9 cm³/mol. The van der Waals surface area contributed by atoms with Crippen molar-refractivity contribution in [1.29, 1.82) is 0 Å². The lowest BCUT2D eigenvalue weighted by molar-refractivity contribution is 0.234. The van der Waals surface area contributed by atoms with Gasteiger partial charge in [-0.15, -0.1) is 11.3 Å². The van der Waals surface area contributed by atoms with E-state index >= 15 is 0 Å². The SMILES string of the molecule is CC(NC(=O)NC1CCc2ccccc21)c1cccs1. The number of thiophene rings is 1. The fourth-order valence-electron chi connectivity index (χ4n) is 2.71. The van der Waals surface area contributed by atoms with Crippen molar-refractivity contribution in [2.24, 2.45) is 0 Å². The summed E-state index contributed by atoms with van der Waals surface area (Å²) >= 11 is 1.66. The molecule has 2 atom stereocenters. The van der Waals surface area contributed by atoms with Crippen LogP contribution in [0.4, 0.5) is 4.79 Å². The zero-order chi connectivity index (χ0) is 13.9. The summed E-state index contributed by atoms with van der Waals surface area (Å²) in [6.07, 6.45) is 2.03. The van der Waals surface area contributed by atoms with Gasteiger partial charge in [-0.25, -0.2) is 4.79 Å². The van der Waals surface area contributed by atoms with Crippen LogP contribution in [0, 0.1) is 0 Å². The molecule has 0 bridgehead atoms. The van der Waals surface area contributed by atoms with Crippen molar-refractivity contribution in [2.45, 2.75) is 31.8 Å². The van der Waals surface area contributed by atoms with E-state index in [0.29, 0.717) is 0 Å². The summed E-state index contributed by atoms with van der Waals surface area (Å²) < 4.78 is 0. The van der Waals surface area contributed by atoms with Gasteiger partial charge in [-0.1, -0.05) is 30.3 Å². The van der Waals surface area contributed by atoms with Crippen LogP contribution in [-0.2, 0) is 6.42 Å². The van der Waals surface area contributed by atoms with Gasteiger partial charge < -0.3 is 10.6 Å². The van der Waals surface area contributed by atoms with Crippen molar-refractivity contribution in [3.63, 3.8) is 0 Å². The molecule has 0 saturated heterocycles. The third kappa shape index (κ3) is 2.70. The zero-order valence-corrected chi connectivity index (χ0v) is 12.2. The molecule has 1 aromatic heterocycles. The van der Waals surface area contributed by atoms with Gasteiger partial charge in [0, 0.05) is 4.88 Å². The molecule has 104 valence electrons. The molecule has 0 radical (unpaired) electrons. The average molecular weight is 286 g/mol. The molecule has 0 aliphatic heterocycles. The third-order valence-corrected chi connectivity index (χ3v) is 4.81. The van der Waals surface area contributed by atoms with Crippen LogP contribution in [0.25, 0.3) is 0 Å². The molecule has 2 N–H and O–H groups in total. The van der Waals surface area contributed by atoms with Crippen molar-refractivity contribution in [2.75, 3.05) is 0 Å². The van der Waals surface area contributed by atoms with Crippen LogP contribution in [-0.4, -0.2) is 6.03 Å². The van der Waals surface area contributed by atoms with Gasteiger partial charge in [0.1, 0.15) is 0 Å². The molecule has 1 aliphatic rings. The third-order valence-electron chi connectivity index (χ3n) is 3.76. The Bertz CT molecular complexity index is 594. The van der Waals surface area contributed by atoms with E-state index in [1.165, 1.54) is 16.0 Å². The number of fused-ring (bicyclic) bond motifs is 1. The van der Waals surface area contributed by atoms with Gasteiger partial charge in [0.2, 0.25) is 0 Å². The Labute approximate surface area is 123 Å². The first-order valence-corrected chi connectivity index (χ1v) is 7.80. The first-order valence-electron chi connectivity index (χ1n) is 6.92. The van der Waals surface area contributed by atoms with Gasteiger partial charge in [0.15, 0.2) is 0 Å². The van der Waals surface area contributed by atoms with Gasteiger partial charge in [-0.3, -0.25) is 0 Å². The van der Waals surface area contributed by atoms with Crippen molar-refractivity contribution in [3.05, 3.63) is 57.8 Å². The number of amides is 2. The number of hydrogen-bond acceptors (Lipinski definition) is 2. The van der Waals surface area contributed by atoms with E-state index in [0.717, 1.165) is 12.8 Å². The number of rotatable bonds is 3. The van der Waals surface area contributed by atoms with Gasteiger partial charge in [0.25, 0.3) is 0 Å². The van der Waals surface area contributed by atoms with Crippen molar-refractivity contribution >= 4 is 17.4 Å². The lowest BCUT2D eigenvalue weighted by Gasteiger charge is -2.17. The highest BCUT2D eigenvalue weighted by molar-refractivity contribution is 7.10. The second kappa shape index (κ2) is 5.67. The molecular weight excluding hydrogens is 268 g/mol. The van der Waals surface area contributed by atoms with Crippen LogP contribution in [0.1, 0.15) is 41.4 Å². The van der Waals surface area contributed by atoms with Crippen LogP contribution in [0.3, 0.4) is 0 Å². The standard InChI is InChI=1S/C16H18N2OS/c1-11(15-7-4-10-20-15)17-16(19)18-14-9-8-12-5-2-3-6-13(12)14/h2-7,10-11,14H,8-9H2,1H3,(H2,17,18,19). The molecule has 20 heavy (non-hydrogen) atoms. The predicted octanol–water partition coefficient (Wildman–Crippen LogP) is 3.80. The summed E-state index contributed by atoms with van der Waals surface area (Å²) in [5.41, 5.74) is 2.61. The number of benzene rings is 1. The molecule has 4 heteroatoms. The molecule has 1 heterocycles. The Morgan fingerprint density at radius 3 is 2.95 bits per heavy atom. The lowest BCUT2D eigenvalue weighted by Crippen LogP contribution is -2.38. The number of urea groups is 1. The normalized spacial score (nSPS) is 18.4. The molecular formula is C16H18N2OS. The Balaban J connectivity index is 1.60. The number of carbonyl (C=O) groups excluding carboxylic acids is 1. The van der Waals surface area contributed by atoms with E-state index in [-0.39, 0.29) is 18.1 Å². The summed E-state index contributed by atoms with van der Waals surface area (Å²) in [6.45, 7) is 2.01. The Hall–Kier alpha value is -1.81. The molecule has 1 aromatic carbocycles. The smallest absolute Gasteiger partial charge is 0.315 e. The van der Waals surface area contributed by atoms with Gasteiger partial charge in [-0.2, -0.15) is 0 Å². The minimum absolute atomic E-state index is 0.0478. The highest BCUT2D eigenvalue weighted by Gasteiger charge is 2.23. The summed E-state index contributed by atoms with van der Waals surface area (Å²) in [5.74, 6) is 0. The fraction of sp³-hybridized carbons (Fsp3) is 0.312. The Kier molecular flexibility index (Phi) is 3.74. The number of carbonyl (C=O) groups is 1. The summed E-state index contributed by atoms with van der Waals surface area (Å²) in [7, 11) is 0. The van der Waals surface area contributed by atoms with Crippen LogP contribution < -0.4 is 10.6 Å². The molecule has 0 saturated carbocycles. The fourth-order valence-corrected chi connectivity index (χ4v) is 3.45. The summed E-state index contributed by atoms with van der Waals surface area (Å²) in [5, 5.41) is 8.11. The monoisotopic (exact) mass is 286 g/mol. The summed E-state index contributed by atoms with van der Waals surface area (Å²) in [6, 6.07) is 12.5. The molecule has 2 unspecified atom stereocenters. The van der Waals surface area contributed by atoms with E-state index in [1.807, 2.05) is 30.5 Å². The minimum Gasteiger partial charge on any atom is -0.331 e. The first-order chi connectivity index (χ1) is 9.74. The molecule has 0 spiro atoms. The van der Waals surface area contributed by atoms with Crippen molar-refractivity contribution < 1.29 is 4.79 Å². The van der Waals surface area contributed by atoms with Gasteiger partial charge in [0.05, 0.1) is 12.1 Å². The second-order valence-corrected chi connectivity index (χ2v) is 6.12. The maximum Gasteiger partial charge on any atom is 0.315 e. The number of hydrogen-bond donors (Lipinski definition) is 2. The van der Waals surface area contributed by atoms with E-state index in [2.05, 4.69) is 28.8 Å². The Morgan fingerprint density at radius 1 is 1.30 bits per heavy atom. The topological polar surface area (TPSA) is 41.1 Å². The van der Waals surface area contributed by atoms with Crippen LogP contribution in [0.5, 0.6) is 0 Å². The van der Waals surface area contributed by atoms with Crippen LogP contribution in [0.15, 0.2) is 41.8 Å². The van der Waals surface area contributed by atoms with E-state index in [4.69, 9.17) is 0 Å². The molecule has 2 amide bonds. The summed E-state index contributed by atoms with van der Waals surface area (Å²) in [4.78, 5) is 13.3. The molecule has 3 rings (SSSR count). The minimum atomic E-state index is -0.0902.